The predicted octanol–water partition coefficient (Wildman–Crippen LogP) is 5.70. The van der Waals surface area contributed by atoms with Gasteiger partial charge in [0.25, 0.3) is 0 Å². The van der Waals surface area contributed by atoms with Gasteiger partial charge in [0.1, 0.15) is 17.7 Å². The summed E-state index contributed by atoms with van der Waals surface area (Å²) < 4.78 is 6.58. The van der Waals surface area contributed by atoms with Crippen LogP contribution in [0.1, 0.15) is 18.4 Å². The average molecular weight is 458 g/mol. The topological polar surface area (TPSA) is 71.5 Å². The summed E-state index contributed by atoms with van der Waals surface area (Å²) in [6.45, 7) is 0.708. The van der Waals surface area contributed by atoms with Crippen LogP contribution in [-0.4, -0.2) is 34.5 Å². The molecule has 1 aliphatic rings. The predicted molar refractivity (Wildman–Crippen MR) is 130 cm³/mol. The van der Waals surface area contributed by atoms with Crippen LogP contribution in [0.15, 0.2) is 78.9 Å². The second kappa shape index (κ2) is 9.42. The number of ether oxygens (including phenoxy) is 1. The maximum Gasteiger partial charge on any atom is 0.410 e. The molecular weight excluding hydrogens is 434 g/mol. The molecule has 1 unspecified atom stereocenters. The number of benzene rings is 3. The molecule has 0 radical (unpaired) electrons. The number of aromatic nitrogens is 1. The minimum atomic E-state index is -0.530. The number of amides is 2. The van der Waals surface area contributed by atoms with Gasteiger partial charge in [0, 0.05) is 17.8 Å². The van der Waals surface area contributed by atoms with E-state index < -0.39 is 12.1 Å². The lowest BCUT2D eigenvalue weighted by Crippen LogP contribution is -2.43. The van der Waals surface area contributed by atoms with Crippen LogP contribution in [0.25, 0.3) is 20.8 Å². The van der Waals surface area contributed by atoms with Gasteiger partial charge in [0.2, 0.25) is 5.91 Å². The number of anilines is 1. The van der Waals surface area contributed by atoms with Crippen LogP contribution < -0.4 is 5.32 Å². The van der Waals surface area contributed by atoms with Crippen LogP contribution in [0, 0.1) is 0 Å². The van der Waals surface area contributed by atoms with E-state index in [1.165, 1.54) is 4.90 Å². The number of para-hydroxylation sites is 1. The monoisotopic (exact) mass is 457 g/mol. The molecule has 33 heavy (non-hydrogen) atoms. The van der Waals surface area contributed by atoms with Crippen LogP contribution in [-0.2, 0) is 16.1 Å². The maximum absolute atomic E-state index is 12.9. The maximum atomic E-state index is 12.9. The van der Waals surface area contributed by atoms with Crippen molar-refractivity contribution in [2.45, 2.75) is 25.5 Å². The Balaban J connectivity index is 1.21. The molecule has 7 heteroatoms. The third-order valence-corrected chi connectivity index (χ3v) is 6.77. The summed E-state index contributed by atoms with van der Waals surface area (Å²) >= 11 is 1.64. The van der Waals surface area contributed by atoms with E-state index in [2.05, 4.69) is 16.4 Å². The number of nitrogens with zero attached hydrogens (tertiary/aromatic N) is 2. The summed E-state index contributed by atoms with van der Waals surface area (Å²) in [5, 5.41) is 3.88. The highest BCUT2D eigenvalue weighted by Crippen LogP contribution is 2.30. The molecule has 3 aromatic carbocycles. The van der Waals surface area contributed by atoms with Crippen molar-refractivity contribution in [1.82, 2.24) is 9.88 Å². The van der Waals surface area contributed by atoms with E-state index >= 15 is 0 Å². The second-order valence-electron chi connectivity index (χ2n) is 7.94. The summed E-state index contributed by atoms with van der Waals surface area (Å²) in [5.74, 6) is -0.197. The van der Waals surface area contributed by atoms with Gasteiger partial charge < -0.3 is 10.1 Å². The summed E-state index contributed by atoms with van der Waals surface area (Å²) in [5.41, 5.74) is 3.59. The quantitative estimate of drug-likeness (QED) is 0.417. The molecule has 0 spiro atoms. The molecule has 0 aliphatic carbocycles. The van der Waals surface area contributed by atoms with Crippen molar-refractivity contribution >= 4 is 39.2 Å². The highest BCUT2D eigenvalue weighted by atomic mass is 32.1. The third-order valence-electron chi connectivity index (χ3n) is 5.69. The number of likely N-dealkylation sites (tertiary alicyclic amines) is 1. The first-order valence-electron chi connectivity index (χ1n) is 10.9. The first-order valence-corrected chi connectivity index (χ1v) is 11.7. The smallest absolute Gasteiger partial charge is 0.410 e. The molecule has 0 saturated carbocycles. The Labute approximate surface area is 195 Å². The molecular formula is C26H23N3O3S. The van der Waals surface area contributed by atoms with Crippen molar-refractivity contribution in [3.05, 3.63) is 84.4 Å². The molecule has 2 heterocycles. The van der Waals surface area contributed by atoms with Crippen LogP contribution in [0.2, 0.25) is 0 Å². The number of nitrogens with one attached hydrogen (secondary N) is 1. The largest absolute Gasteiger partial charge is 0.445 e. The SMILES string of the molecule is O=C(Nc1ccc(-c2nc3ccccc3s2)cc1)C1CCCN1C(=O)OCc1ccccc1. The van der Waals surface area contributed by atoms with Gasteiger partial charge in [-0.25, -0.2) is 9.78 Å². The fourth-order valence-corrected chi connectivity index (χ4v) is 4.95. The van der Waals surface area contributed by atoms with Crippen molar-refractivity contribution in [2.75, 3.05) is 11.9 Å². The van der Waals surface area contributed by atoms with Crippen LogP contribution in [0.4, 0.5) is 10.5 Å². The summed E-state index contributed by atoms with van der Waals surface area (Å²) in [6, 6.07) is 24.7. The van der Waals surface area contributed by atoms with Crippen LogP contribution in [0.5, 0.6) is 0 Å². The Morgan fingerprint density at radius 1 is 1.00 bits per heavy atom. The standard InChI is InChI=1S/C26H23N3O3S/c30-24(22-10-6-16-29(22)26(31)32-17-18-7-2-1-3-8-18)27-20-14-12-19(13-15-20)25-28-21-9-4-5-11-23(21)33-25/h1-5,7-9,11-15,22H,6,10,16-17H2,(H,27,30). The third kappa shape index (κ3) is 4.73. The Morgan fingerprint density at radius 3 is 2.55 bits per heavy atom. The Hall–Kier alpha value is -3.71. The lowest BCUT2D eigenvalue weighted by molar-refractivity contribution is -0.120. The number of carbonyl (C=O) groups is 2. The molecule has 0 bridgehead atoms. The lowest BCUT2D eigenvalue weighted by atomic mass is 10.2. The van der Waals surface area contributed by atoms with Crippen molar-refractivity contribution in [1.29, 1.82) is 0 Å². The van der Waals surface area contributed by atoms with E-state index in [-0.39, 0.29) is 12.5 Å². The molecule has 4 aromatic rings. The molecule has 5 rings (SSSR count). The Morgan fingerprint density at radius 2 is 1.76 bits per heavy atom. The molecule has 1 N–H and O–H groups in total. The Bertz CT molecular complexity index is 1240. The molecule has 1 aliphatic heterocycles. The van der Waals surface area contributed by atoms with E-state index in [4.69, 9.17) is 4.74 Å². The number of fused-ring (bicyclic) bond motifs is 1. The zero-order valence-corrected chi connectivity index (χ0v) is 18.8. The van der Waals surface area contributed by atoms with E-state index in [0.717, 1.165) is 32.8 Å². The van der Waals surface area contributed by atoms with Crippen molar-refractivity contribution in [3.63, 3.8) is 0 Å². The Kier molecular flexibility index (Phi) is 6.04. The fraction of sp³-hybridized carbons (Fsp3) is 0.192. The van der Waals surface area contributed by atoms with Gasteiger partial charge in [-0.05, 0) is 54.8 Å². The van der Waals surface area contributed by atoms with Gasteiger partial charge in [-0.15, -0.1) is 11.3 Å². The summed E-state index contributed by atoms with van der Waals surface area (Å²) in [6.07, 6.45) is 0.938. The molecule has 2 amide bonds. The minimum absolute atomic E-state index is 0.192. The van der Waals surface area contributed by atoms with Crippen molar-refractivity contribution in [3.8, 4) is 10.6 Å². The fourth-order valence-electron chi connectivity index (χ4n) is 3.98. The number of hydrogen-bond acceptors (Lipinski definition) is 5. The van der Waals surface area contributed by atoms with Gasteiger partial charge in [0.15, 0.2) is 0 Å². The van der Waals surface area contributed by atoms with Gasteiger partial charge in [-0.3, -0.25) is 9.69 Å². The van der Waals surface area contributed by atoms with E-state index in [9.17, 15) is 9.59 Å². The normalized spacial score (nSPS) is 15.5. The highest BCUT2D eigenvalue weighted by Gasteiger charge is 2.35. The molecule has 1 fully saturated rings. The highest BCUT2D eigenvalue weighted by molar-refractivity contribution is 7.21. The number of carbonyl (C=O) groups excluding carboxylic acids is 2. The van der Waals surface area contributed by atoms with Gasteiger partial charge in [-0.2, -0.15) is 0 Å². The molecule has 1 atom stereocenters. The lowest BCUT2D eigenvalue weighted by Gasteiger charge is -2.23. The van der Waals surface area contributed by atoms with E-state index in [1.807, 2.05) is 72.8 Å². The van der Waals surface area contributed by atoms with Crippen LogP contribution >= 0.6 is 11.3 Å². The molecule has 166 valence electrons. The first kappa shape index (κ1) is 21.2. The van der Waals surface area contributed by atoms with Gasteiger partial charge in [-0.1, -0.05) is 42.5 Å². The summed E-state index contributed by atoms with van der Waals surface area (Å²) in [7, 11) is 0. The molecule has 6 nitrogen and oxygen atoms in total. The number of hydrogen-bond donors (Lipinski definition) is 1. The van der Waals surface area contributed by atoms with Crippen molar-refractivity contribution in [2.24, 2.45) is 0 Å². The average Bonchev–Trinajstić information content (AvgIpc) is 3.51. The molecule has 1 saturated heterocycles. The molecule has 1 aromatic heterocycles. The summed E-state index contributed by atoms with van der Waals surface area (Å²) in [4.78, 5) is 31.7. The van der Waals surface area contributed by atoms with Crippen molar-refractivity contribution < 1.29 is 14.3 Å². The number of rotatable bonds is 5. The van der Waals surface area contributed by atoms with Gasteiger partial charge in [0.05, 0.1) is 10.2 Å². The van der Waals surface area contributed by atoms with E-state index in [1.54, 1.807) is 11.3 Å². The number of thiazole rings is 1. The van der Waals surface area contributed by atoms with Crippen LogP contribution in [0.3, 0.4) is 0 Å². The minimum Gasteiger partial charge on any atom is -0.445 e. The second-order valence-corrected chi connectivity index (χ2v) is 8.98. The van der Waals surface area contributed by atoms with Gasteiger partial charge >= 0.3 is 6.09 Å². The zero-order chi connectivity index (χ0) is 22.6. The first-order chi connectivity index (χ1) is 16.2. The zero-order valence-electron chi connectivity index (χ0n) is 17.9. The van der Waals surface area contributed by atoms with E-state index in [0.29, 0.717) is 18.7 Å².